The first-order valence-corrected chi connectivity index (χ1v) is 6.51. The molecule has 2 heteroatoms. The summed E-state index contributed by atoms with van der Waals surface area (Å²) in [6.07, 6.45) is 0. The van der Waals surface area contributed by atoms with Crippen LogP contribution in [0, 0.1) is 11.8 Å². The summed E-state index contributed by atoms with van der Waals surface area (Å²) >= 11 is 6.36. The molecule has 1 aliphatic heterocycles. The number of likely N-dealkylation sites (tertiary alicyclic amines) is 1. The van der Waals surface area contributed by atoms with Crippen molar-refractivity contribution in [1.29, 1.82) is 0 Å². The van der Waals surface area contributed by atoms with Crippen molar-refractivity contribution in [2.75, 3.05) is 13.1 Å². The molecule has 88 valence electrons. The second-order valence-electron chi connectivity index (χ2n) is 5.08. The highest BCUT2D eigenvalue weighted by molar-refractivity contribution is 6.21. The molecule has 16 heavy (non-hydrogen) atoms. The van der Waals surface area contributed by atoms with Crippen LogP contribution >= 0.6 is 11.6 Å². The predicted molar refractivity (Wildman–Crippen MR) is 69.7 cm³/mol. The number of rotatable bonds is 2. The SMILES string of the molecule is C[C@@H]1CN(Cc2ccccc2)C[C@@H](C)C1Cl. The maximum Gasteiger partial charge on any atom is 0.0411 e. The van der Waals surface area contributed by atoms with Gasteiger partial charge in [-0.3, -0.25) is 4.90 Å². The monoisotopic (exact) mass is 237 g/mol. The Labute approximate surface area is 103 Å². The number of piperidine rings is 1. The fourth-order valence-corrected chi connectivity index (χ4v) is 2.78. The molecule has 1 fully saturated rings. The first-order chi connectivity index (χ1) is 7.66. The molecule has 1 nitrogen and oxygen atoms in total. The molecule has 0 bridgehead atoms. The first-order valence-electron chi connectivity index (χ1n) is 6.07. The van der Waals surface area contributed by atoms with Gasteiger partial charge in [-0.2, -0.15) is 0 Å². The number of halogens is 1. The summed E-state index contributed by atoms with van der Waals surface area (Å²) < 4.78 is 0. The van der Waals surface area contributed by atoms with Crippen LogP contribution in [0.2, 0.25) is 0 Å². The van der Waals surface area contributed by atoms with E-state index < -0.39 is 0 Å². The fraction of sp³-hybridized carbons (Fsp3) is 0.571. The van der Waals surface area contributed by atoms with Gasteiger partial charge in [-0.25, -0.2) is 0 Å². The van der Waals surface area contributed by atoms with Gasteiger partial charge in [0.15, 0.2) is 0 Å². The Balaban J connectivity index is 1.97. The summed E-state index contributed by atoms with van der Waals surface area (Å²) in [4.78, 5) is 2.52. The average Bonchev–Trinajstić information content (AvgIpc) is 2.27. The summed E-state index contributed by atoms with van der Waals surface area (Å²) in [5, 5.41) is 0.340. The van der Waals surface area contributed by atoms with Gasteiger partial charge in [-0.15, -0.1) is 11.6 Å². The summed E-state index contributed by atoms with van der Waals surface area (Å²) in [5.41, 5.74) is 1.40. The van der Waals surface area contributed by atoms with Gasteiger partial charge >= 0.3 is 0 Å². The number of hydrogen-bond acceptors (Lipinski definition) is 1. The lowest BCUT2D eigenvalue weighted by molar-refractivity contribution is 0.138. The Bertz CT molecular complexity index is 313. The van der Waals surface area contributed by atoms with Crippen LogP contribution in [0.3, 0.4) is 0 Å². The van der Waals surface area contributed by atoms with Crippen LogP contribution < -0.4 is 0 Å². The van der Waals surface area contributed by atoms with Crippen molar-refractivity contribution in [3.8, 4) is 0 Å². The van der Waals surface area contributed by atoms with E-state index in [2.05, 4.69) is 49.1 Å². The molecular weight excluding hydrogens is 218 g/mol. The molecule has 2 rings (SSSR count). The van der Waals surface area contributed by atoms with E-state index in [4.69, 9.17) is 11.6 Å². The van der Waals surface area contributed by atoms with E-state index in [9.17, 15) is 0 Å². The topological polar surface area (TPSA) is 3.24 Å². The molecule has 0 unspecified atom stereocenters. The van der Waals surface area contributed by atoms with E-state index >= 15 is 0 Å². The highest BCUT2D eigenvalue weighted by Gasteiger charge is 2.29. The standard InChI is InChI=1S/C14H20ClN/c1-11-8-16(9-12(2)14(11)15)10-13-6-4-3-5-7-13/h3-7,11-12,14H,8-10H2,1-2H3/t11-,12-/m1/s1. The minimum atomic E-state index is 0.340. The van der Waals surface area contributed by atoms with Crippen molar-refractivity contribution in [2.24, 2.45) is 11.8 Å². The zero-order valence-electron chi connectivity index (χ0n) is 10.1. The lowest BCUT2D eigenvalue weighted by atomic mass is 9.91. The average molecular weight is 238 g/mol. The van der Waals surface area contributed by atoms with Crippen LogP contribution in [0.25, 0.3) is 0 Å². The molecule has 0 N–H and O–H groups in total. The summed E-state index contributed by atoms with van der Waals surface area (Å²) in [6, 6.07) is 10.7. The van der Waals surface area contributed by atoms with Crippen LogP contribution in [0.5, 0.6) is 0 Å². The summed E-state index contributed by atoms with van der Waals surface area (Å²) in [6.45, 7) is 7.80. The molecule has 0 radical (unpaired) electrons. The smallest absolute Gasteiger partial charge is 0.0411 e. The van der Waals surface area contributed by atoms with Gasteiger partial charge in [0.1, 0.15) is 0 Å². The van der Waals surface area contributed by atoms with Crippen molar-refractivity contribution < 1.29 is 0 Å². The van der Waals surface area contributed by atoms with Gasteiger partial charge in [0.05, 0.1) is 0 Å². The normalized spacial score (nSPS) is 28.2. The van der Waals surface area contributed by atoms with Crippen LogP contribution in [-0.2, 0) is 6.54 Å². The van der Waals surface area contributed by atoms with Gasteiger partial charge in [0.25, 0.3) is 0 Å². The molecule has 1 heterocycles. The Hall–Kier alpha value is -0.530. The quantitative estimate of drug-likeness (QED) is 0.713. The first kappa shape index (κ1) is 11.9. The number of nitrogens with zero attached hydrogens (tertiary/aromatic N) is 1. The van der Waals surface area contributed by atoms with Crippen molar-refractivity contribution in [3.05, 3.63) is 35.9 Å². The predicted octanol–water partition coefficient (Wildman–Crippen LogP) is 3.38. The molecule has 2 atom stereocenters. The Kier molecular flexibility index (Phi) is 3.88. The minimum absolute atomic E-state index is 0.340. The van der Waals surface area contributed by atoms with Gasteiger partial charge in [-0.05, 0) is 17.4 Å². The Morgan fingerprint density at radius 3 is 2.25 bits per heavy atom. The van der Waals surface area contributed by atoms with Gasteiger partial charge < -0.3 is 0 Å². The third-order valence-electron chi connectivity index (χ3n) is 3.43. The lowest BCUT2D eigenvalue weighted by Gasteiger charge is -2.38. The van der Waals surface area contributed by atoms with Crippen molar-refractivity contribution in [2.45, 2.75) is 25.8 Å². The van der Waals surface area contributed by atoms with Crippen molar-refractivity contribution >= 4 is 11.6 Å². The van der Waals surface area contributed by atoms with Crippen LogP contribution in [0.1, 0.15) is 19.4 Å². The van der Waals surface area contributed by atoms with Gasteiger partial charge in [0, 0.05) is 25.0 Å². The fourth-order valence-electron chi connectivity index (χ4n) is 2.62. The Morgan fingerprint density at radius 2 is 1.69 bits per heavy atom. The summed E-state index contributed by atoms with van der Waals surface area (Å²) in [5.74, 6) is 1.18. The molecule has 1 aromatic carbocycles. The lowest BCUT2D eigenvalue weighted by Crippen LogP contribution is -2.44. The third kappa shape index (κ3) is 2.78. The van der Waals surface area contributed by atoms with Crippen molar-refractivity contribution in [3.63, 3.8) is 0 Å². The van der Waals surface area contributed by atoms with Crippen molar-refractivity contribution in [1.82, 2.24) is 4.90 Å². The highest BCUT2D eigenvalue weighted by atomic mass is 35.5. The molecule has 0 aromatic heterocycles. The van der Waals surface area contributed by atoms with Crippen LogP contribution in [0.15, 0.2) is 30.3 Å². The number of alkyl halides is 1. The van der Waals surface area contributed by atoms with Crippen LogP contribution in [-0.4, -0.2) is 23.4 Å². The molecule has 0 amide bonds. The van der Waals surface area contributed by atoms with E-state index in [0.29, 0.717) is 17.2 Å². The van der Waals surface area contributed by atoms with Crippen LogP contribution in [0.4, 0.5) is 0 Å². The number of hydrogen-bond donors (Lipinski definition) is 0. The third-order valence-corrected chi connectivity index (χ3v) is 4.29. The molecule has 0 spiro atoms. The highest BCUT2D eigenvalue weighted by Crippen LogP contribution is 2.27. The van der Waals surface area contributed by atoms with E-state index in [1.54, 1.807) is 0 Å². The second kappa shape index (κ2) is 5.20. The maximum atomic E-state index is 6.36. The molecule has 0 saturated carbocycles. The molecule has 1 saturated heterocycles. The maximum absolute atomic E-state index is 6.36. The summed E-state index contributed by atoms with van der Waals surface area (Å²) in [7, 11) is 0. The molecule has 1 aromatic rings. The second-order valence-corrected chi connectivity index (χ2v) is 5.58. The van der Waals surface area contributed by atoms with Gasteiger partial charge in [0.2, 0.25) is 0 Å². The van der Waals surface area contributed by atoms with E-state index in [0.717, 1.165) is 19.6 Å². The van der Waals surface area contributed by atoms with E-state index in [-0.39, 0.29) is 0 Å². The van der Waals surface area contributed by atoms with E-state index in [1.165, 1.54) is 5.56 Å². The van der Waals surface area contributed by atoms with E-state index in [1.807, 2.05) is 0 Å². The zero-order valence-corrected chi connectivity index (χ0v) is 10.8. The Morgan fingerprint density at radius 1 is 1.12 bits per heavy atom. The molecular formula is C14H20ClN. The molecule has 1 aliphatic rings. The minimum Gasteiger partial charge on any atom is -0.298 e. The largest absolute Gasteiger partial charge is 0.298 e. The van der Waals surface area contributed by atoms with Gasteiger partial charge in [-0.1, -0.05) is 44.2 Å². The number of benzene rings is 1. The zero-order chi connectivity index (χ0) is 11.5. The molecule has 0 aliphatic carbocycles.